The van der Waals surface area contributed by atoms with Crippen molar-refractivity contribution in [1.29, 1.82) is 0 Å². The van der Waals surface area contributed by atoms with Gasteiger partial charge in [0.05, 0.1) is 23.7 Å². The molecule has 1 aliphatic heterocycles. The van der Waals surface area contributed by atoms with Gasteiger partial charge in [-0.3, -0.25) is 29.9 Å². The average Bonchev–Trinajstić information content (AvgIpc) is 3.16. The van der Waals surface area contributed by atoms with Crippen LogP contribution >= 0.6 is 12.2 Å². The van der Waals surface area contributed by atoms with E-state index in [2.05, 4.69) is 11.9 Å². The maximum atomic E-state index is 12.6. The molecule has 29 heavy (non-hydrogen) atoms. The molecular weight excluding hydrogens is 398 g/mol. The van der Waals surface area contributed by atoms with Crippen molar-refractivity contribution < 1.29 is 23.7 Å². The van der Waals surface area contributed by atoms with Crippen molar-refractivity contribution in [3.05, 3.63) is 64.4 Å². The summed E-state index contributed by atoms with van der Waals surface area (Å²) in [5.74, 6) is -0.353. The molecule has 0 aliphatic carbocycles. The summed E-state index contributed by atoms with van der Waals surface area (Å²) >= 11 is 5.00. The Bertz CT molecular complexity index is 1070. The number of carbonyl (C=O) groups excluding carboxylic acids is 2. The van der Waals surface area contributed by atoms with Crippen LogP contribution in [-0.4, -0.2) is 40.4 Å². The summed E-state index contributed by atoms with van der Waals surface area (Å²) < 4.78 is 10.9. The number of furan rings is 1. The molecule has 2 amide bonds. The first-order chi connectivity index (χ1) is 13.8. The first-order valence-corrected chi connectivity index (χ1v) is 8.69. The summed E-state index contributed by atoms with van der Waals surface area (Å²) in [7, 11) is 1.39. The van der Waals surface area contributed by atoms with Gasteiger partial charge in [0, 0.05) is 12.6 Å². The van der Waals surface area contributed by atoms with Crippen molar-refractivity contribution in [3.63, 3.8) is 0 Å². The Labute approximate surface area is 170 Å². The number of rotatable bonds is 6. The zero-order chi connectivity index (χ0) is 21.1. The first-order valence-electron chi connectivity index (χ1n) is 8.28. The Morgan fingerprint density at radius 1 is 1.34 bits per heavy atom. The number of ether oxygens (including phenoxy) is 1. The van der Waals surface area contributed by atoms with Gasteiger partial charge in [0.15, 0.2) is 5.11 Å². The normalized spacial score (nSPS) is 15.4. The molecule has 1 saturated heterocycles. The molecule has 2 aromatic rings. The minimum absolute atomic E-state index is 0.00722. The third kappa shape index (κ3) is 3.92. The third-order valence-electron chi connectivity index (χ3n) is 4.07. The van der Waals surface area contributed by atoms with Gasteiger partial charge in [-0.2, -0.15) is 0 Å². The van der Waals surface area contributed by atoms with Crippen molar-refractivity contribution in [3.8, 4) is 17.1 Å². The minimum atomic E-state index is -0.633. The molecule has 0 bridgehead atoms. The van der Waals surface area contributed by atoms with Crippen LogP contribution in [0.15, 0.2) is 53.0 Å². The molecular formula is C19H15N3O6S. The van der Waals surface area contributed by atoms with E-state index in [1.807, 2.05) is 0 Å². The number of nitro benzene ring substituents is 1. The summed E-state index contributed by atoms with van der Waals surface area (Å²) in [6.07, 6.45) is 2.79. The van der Waals surface area contributed by atoms with Gasteiger partial charge in [0.25, 0.3) is 17.5 Å². The number of amides is 2. The lowest BCUT2D eigenvalue weighted by molar-refractivity contribution is -0.384. The highest BCUT2D eigenvalue weighted by Crippen LogP contribution is 2.34. The summed E-state index contributed by atoms with van der Waals surface area (Å²) in [5, 5.41) is 13.4. The van der Waals surface area contributed by atoms with Crippen LogP contribution in [0.2, 0.25) is 0 Å². The Morgan fingerprint density at radius 3 is 2.76 bits per heavy atom. The molecule has 1 N–H and O–H groups in total. The van der Waals surface area contributed by atoms with Gasteiger partial charge in [0.1, 0.15) is 22.8 Å². The molecule has 1 aromatic carbocycles. The number of hydrogen-bond acceptors (Lipinski definition) is 7. The van der Waals surface area contributed by atoms with Gasteiger partial charge in [-0.15, -0.1) is 6.58 Å². The van der Waals surface area contributed by atoms with Crippen LogP contribution in [-0.2, 0) is 9.59 Å². The average molecular weight is 413 g/mol. The Kier molecular flexibility index (Phi) is 5.55. The number of carbonyl (C=O) groups is 2. The van der Waals surface area contributed by atoms with E-state index in [0.29, 0.717) is 11.3 Å². The molecule has 0 unspecified atom stereocenters. The number of methoxy groups -OCH3 is 1. The zero-order valence-electron chi connectivity index (χ0n) is 15.2. The van der Waals surface area contributed by atoms with E-state index in [1.54, 1.807) is 12.1 Å². The van der Waals surface area contributed by atoms with Crippen LogP contribution in [0.5, 0.6) is 5.75 Å². The van der Waals surface area contributed by atoms with Crippen LogP contribution in [0.3, 0.4) is 0 Å². The van der Waals surface area contributed by atoms with Gasteiger partial charge in [0.2, 0.25) is 0 Å². The van der Waals surface area contributed by atoms with Crippen molar-refractivity contribution in [2.75, 3.05) is 13.7 Å². The number of hydrogen-bond donors (Lipinski definition) is 1. The molecule has 0 radical (unpaired) electrons. The zero-order valence-corrected chi connectivity index (χ0v) is 16.0. The van der Waals surface area contributed by atoms with Crippen LogP contribution in [0.1, 0.15) is 5.76 Å². The van der Waals surface area contributed by atoms with Crippen LogP contribution < -0.4 is 10.1 Å². The van der Waals surface area contributed by atoms with Gasteiger partial charge < -0.3 is 9.15 Å². The van der Waals surface area contributed by atoms with Gasteiger partial charge in [-0.1, -0.05) is 6.08 Å². The summed E-state index contributed by atoms with van der Waals surface area (Å²) in [6.45, 7) is 3.72. The molecule has 0 atom stereocenters. The smallest absolute Gasteiger partial charge is 0.273 e. The largest absolute Gasteiger partial charge is 0.496 e. The fourth-order valence-corrected chi connectivity index (χ4v) is 2.95. The van der Waals surface area contributed by atoms with Crippen LogP contribution in [0.25, 0.3) is 17.4 Å². The molecule has 9 nitrogen and oxygen atoms in total. The number of nitro groups is 1. The quantitative estimate of drug-likeness (QED) is 0.193. The van der Waals surface area contributed by atoms with E-state index >= 15 is 0 Å². The lowest BCUT2D eigenvalue weighted by atomic mass is 10.1. The molecule has 1 aliphatic rings. The van der Waals surface area contributed by atoms with Crippen LogP contribution in [0.4, 0.5) is 5.69 Å². The minimum Gasteiger partial charge on any atom is -0.496 e. The van der Waals surface area contributed by atoms with Gasteiger partial charge in [-0.25, -0.2) is 0 Å². The molecule has 1 aromatic heterocycles. The maximum absolute atomic E-state index is 12.6. The Balaban J connectivity index is 1.95. The lowest BCUT2D eigenvalue weighted by Gasteiger charge is -2.27. The molecule has 0 spiro atoms. The molecule has 1 fully saturated rings. The monoisotopic (exact) mass is 413 g/mol. The lowest BCUT2D eigenvalue weighted by Crippen LogP contribution is -2.53. The second-order valence-corrected chi connectivity index (χ2v) is 6.25. The molecule has 10 heteroatoms. The van der Waals surface area contributed by atoms with E-state index in [4.69, 9.17) is 21.4 Å². The highest BCUT2D eigenvalue weighted by Gasteiger charge is 2.33. The number of thiocarbonyl (C=S) groups is 1. The van der Waals surface area contributed by atoms with Gasteiger partial charge in [-0.05, 0) is 36.5 Å². The fraction of sp³-hybridized carbons (Fsp3) is 0.105. The second kappa shape index (κ2) is 8.07. The van der Waals surface area contributed by atoms with E-state index in [0.717, 1.165) is 0 Å². The summed E-state index contributed by atoms with van der Waals surface area (Å²) in [6, 6.07) is 7.27. The van der Waals surface area contributed by atoms with Crippen LogP contribution in [0, 0.1) is 10.1 Å². The Morgan fingerprint density at radius 2 is 2.10 bits per heavy atom. The summed E-state index contributed by atoms with van der Waals surface area (Å²) in [5.41, 5.74) is 0.218. The number of non-ortho nitro benzene ring substituents is 1. The van der Waals surface area contributed by atoms with Crippen molar-refractivity contribution >= 4 is 40.9 Å². The van der Waals surface area contributed by atoms with Crippen molar-refractivity contribution in [1.82, 2.24) is 10.2 Å². The molecule has 0 saturated carbocycles. The summed E-state index contributed by atoms with van der Waals surface area (Å²) in [4.78, 5) is 36.3. The third-order valence-corrected chi connectivity index (χ3v) is 4.39. The highest BCUT2D eigenvalue weighted by molar-refractivity contribution is 7.80. The van der Waals surface area contributed by atoms with Gasteiger partial charge >= 0.3 is 0 Å². The number of nitrogens with one attached hydrogen (secondary N) is 1. The van der Waals surface area contributed by atoms with E-state index in [1.165, 1.54) is 42.4 Å². The van der Waals surface area contributed by atoms with Crippen molar-refractivity contribution in [2.45, 2.75) is 0 Å². The van der Waals surface area contributed by atoms with E-state index in [9.17, 15) is 19.7 Å². The number of benzene rings is 1. The predicted octanol–water partition coefficient (Wildman–Crippen LogP) is 2.68. The standard InChI is InChI=1S/C19H15N3O6S/c1-3-8-21-18(24)14(17(23)20-19(21)29)10-12-5-7-15(28-12)13-6-4-11(22(25)26)9-16(13)27-2/h3-7,9-10H,1,8H2,2H3,(H,20,23,29)/b14-10+. The first kappa shape index (κ1) is 20.0. The molecule has 3 rings (SSSR count). The Hall–Kier alpha value is -3.79. The highest BCUT2D eigenvalue weighted by atomic mass is 32.1. The molecule has 148 valence electrons. The molecule has 2 heterocycles. The number of nitrogens with zero attached hydrogens (tertiary/aromatic N) is 2. The predicted molar refractivity (Wildman–Crippen MR) is 108 cm³/mol. The van der Waals surface area contributed by atoms with E-state index in [-0.39, 0.29) is 34.4 Å². The maximum Gasteiger partial charge on any atom is 0.273 e. The topological polar surface area (TPSA) is 115 Å². The second-order valence-electron chi connectivity index (χ2n) is 5.87. The SMILES string of the molecule is C=CCN1C(=O)/C(=C/c2ccc(-c3ccc([N+](=O)[O-])cc3OC)o2)C(=O)NC1=S. The fourth-order valence-electron chi connectivity index (χ4n) is 2.70. The van der Waals surface area contributed by atoms with Crippen molar-refractivity contribution in [2.24, 2.45) is 0 Å². The van der Waals surface area contributed by atoms with E-state index < -0.39 is 16.7 Å².